The molecule has 1 rings (SSSR count). The third-order valence-electron chi connectivity index (χ3n) is 2.91. The van der Waals surface area contributed by atoms with Crippen molar-refractivity contribution in [3.63, 3.8) is 0 Å². The summed E-state index contributed by atoms with van der Waals surface area (Å²) in [5.41, 5.74) is 1.07. The Kier molecular flexibility index (Phi) is 8.49. The molecule has 114 valence electrons. The molecule has 0 aliphatic heterocycles. The van der Waals surface area contributed by atoms with Crippen molar-refractivity contribution in [1.29, 1.82) is 0 Å². The van der Waals surface area contributed by atoms with Crippen LogP contribution in [0.15, 0.2) is 24.3 Å². The van der Waals surface area contributed by atoms with Crippen LogP contribution in [0.25, 0.3) is 0 Å². The van der Waals surface area contributed by atoms with Crippen LogP contribution in [0.4, 0.5) is 0 Å². The largest absolute Gasteiger partial charge is 0.494 e. The zero-order valence-electron chi connectivity index (χ0n) is 12.6. The van der Waals surface area contributed by atoms with E-state index >= 15 is 0 Å². The van der Waals surface area contributed by atoms with Gasteiger partial charge < -0.3 is 14.8 Å². The molecule has 0 amide bonds. The Morgan fingerprint density at radius 2 is 2.05 bits per heavy atom. The van der Waals surface area contributed by atoms with Crippen molar-refractivity contribution in [1.82, 2.24) is 5.32 Å². The Hall–Kier alpha value is -0.910. The molecule has 0 saturated heterocycles. The molecule has 2 unspecified atom stereocenters. The first-order chi connectivity index (χ1) is 9.72. The lowest BCUT2D eigenvalue weighted by Crippen LogP contribution is -2.27. The van der Waals surface area contributed by atoms with Crippen molar-refractivity contribution in [2.45, 2.75) is 19.9 Å². The SMILES string of the molecule is CCNC(CS(=O)CCOC)c1ccccc1OCC. The van der Waals surface area contributed by atoms with Gasteiger partial charge in [-0.2, -0.15) is 0 Å². The molecule has 1 aromatic carbocycles. The molecule has 4 nitrogen and oxygen atoms in total. The smallest absolute Gasteiger partial charge is 0.124 e. The second kappa shape index (κ2) is 9.91. The van der Waals surface area contributed by atoms with Gasteiger partial charge in [0.1, 0.15) is 5.75 Å². The summed E-state index contributed by atoms with van der Waals surface area (Å²) in [5, 5.41) is 3.39. The van der Waals surface area contributed by atoms with E-state index in [-0.39, 0.29) is 6.04 Å². The Morgan fingerprint density at radius 1 is 1.30 bits per heavy atom. The predicted molar refractivity (Wildman–Crippen MR) is 83.8 cm³/mol. The van der Waals surface area contributed by atoms with Gasteiger partial charge in [-0.1, -0.05) is 25.1 Å². The Bertz CT molecular complexity index is 412. The topological polar surface area (TPSA) is 47.6 Å². The predicted octanol–water partition coefficient (Wildman–Crippen LogP) is 2.13. The highest BCUT2D eigenvalue weighted by molar-refractivity contribution is 7.85. The van der Waals surface area contributed by atoms with Gasteiger partial charge in [-0.05, 0) is 19.5 Å². The summed E-state index contributed by atoms with van der Waals surface area (Å²) in [6.07, 6.45) is 0. The maximum Gasteiger partial charge on any atom is 0.124 e. The highest BCUT2D eigenvalue weighted by atomic mass is 32.2. The Labute approximate surface area is 124 Å². The van der Waals surface area contributed by atoms with Crippen LogP contribution < -0.4 is 10.1 Å². The summed E-state index contributed by atoms with van der Waals surface area (Å²) in [5.74, 6) is 2.00. The minimum atomic E-state index is -0.907. The minimum Gasteiger partial charge on any atom is -0.494 e. The van der Waals surface area contributed by atoms with Gasteiger partial charge in [0.15, 0.2) is 0 Å². The second-order valence-electron chi connectivity index (χ2n) is 4.38. The van der Waals surface area contributed by atoms with E-state index in [1.807, 2.05) is 38.1 Å². The van der Waals surface area contributed by atoms with Crippen molar-refractivity contribution in [3.8, 4) is 5.75 Å². The van der Waals surface area contributed by atoms with Crippen molar-refractivity contribution in [2.75, 3.05) is 38.4 Å². The standard InChI is InChI=1S/C15H25NO3S/c1-4-16-14(12-20(17)11-10-18-3)13-8-6-7-9-15(13)19-5-2/h6-9,14,16H,4-5,10-12H2,1-3H3. The lowest BCUT2D eigenvalue weighted by atomic mass is 10.1. The molecule has 1 aromatic rings. The number of rotatable bonds is 10. The first-order valence-corrected chi connectivity index (χ1v) is 8.50. The van der Waals surface area contributed by atoms with Gasteiger partial charge in [-0.25, -0.2) is 0 Å². The molecule has 0 fully saturated rings. The molecule has 0 aromatic heterocycles. The van der Waals surface area contributed by atoms with Crippen LogP contribution in [-0.2, 0) is 15.5 Å². The van der Waals surface area contributed by atoms with Crippen LogP contribution in [0.3, 0.4) is 0 Å². The van der Waals surface area contributed by atoms with E-state index in [9.17, 15) is 4.21 Å². The third-order valence-corrected chi connectivity index (χ3v) is 4.24. The van der Waals surface area contributed by atoms with Crippen molar-refractivity contribution in [2.24, 2.45) is 0 Å². The van der Waals surface area contributed by atoms with Crippen LogP contribution in [0, 0.1) is 0 Å². The van der Waals surface area contributed by atoms with Crippen LogP contribution >= 0.6 is 0 Å². The van der Waals surface area contributed by atoms with Crippen LogP contribution in [0.5, 0.6) is 5.75 Å². The number of benzene rings is 1. The average Bonchev–Trinajstić information content (AvgIpc) is 2.46. The van der Waals surface area contributed by atoms with E-state index in [1.165, 1.54) is 0 Å². The van der Waals surface area contributed by atoms with Gasteiger partial charge in [-0.15, -0.1) is 0 Å². The highest BCUT2D eigenvalue weighted by Gasteiger charge is 2.17. The van der Waals surface area contributed by atoms with Gasteiger partial charge in [0.25, 0.3) is 0 Å². The third kappa shape index (κ3) is 5.61. The molecular weight excluding hydrogens is 274 g/mol. The van der Waals surface area contributed by atoms with Crippen LogP contribution in [0.2, 0.25) is 0 Å². The lowest BCUT2D eigenvalue weighted by molar-refractivity contribution is 0.218. The first-order valence-electron chi connectivity index (χ1n) is 7.01. The van der Waals surface area contributed by atoms with E-state index < -0.39 is 10.8 Å². The van der Waals surface area contributed by atoms with E-state index in [0.717, 1.165) is 17.9 Å². The lowest BCUT2D eigenvalue weighted by Gasteiger charge is -2.21. The average molecular weight is 299 g/mol. The Morgan fingerprint density at radius 3 is 2.70 bits per heavy atom. The van der Waals surface area contributed by atoms with E-state index in [0.29, 0.717) is 24.7 Å². The van der Waals surface area contributed by atoms with Crippen molar-refractivity contribution >= 4 is 10.8 Å². The van der Waals surface area contributed by atoms with Gasteiger partial charge >= 0.3 is 0 Å². The number of ether oxygens (including phenoxy) is 2. The molecular formula is C15H25NO3S. The summed E-state index contributed by atoms with van der Waals surface area (Å²) in [7, 11) is 0.721. The molecule has 0 heterocycles. The molecule has 0 spiro atoms. The molecule has 1 N–H and O–H groups in total. The normalized spacial score (nSPS) is 13.9. The molecule has 0 aliphatic carbocycles. The first kappa shape index (κ1) is 17.1. The number of hydrogen-bond acceptors (Lipinski definition) is 4. The van der Waals surface area contributed by atoms with Gasteiger partial charge in [0.05, 0.1) is 13.2 Å². The molecule has 0 bridgehead atoms. The fraction of sp³-hybridized carbons (Fsp3) is 0.600. The fourth-order valence-electron chi connectivity index (χ4n) is 2.01. The quantitative estimate of drug-likeness (QED) is 0.719. The zero-order chi connectivity index (χ0) is 14.8. The summed E-state index contributed by atoms with van der Waals surface area (Å²) in [6, 6.07) is 7.98. The Balaban J connectivity index is 2.81. The molecule has 5 heteroatoms. The molecule has 0 saturated carbocycles. The van der Waals surface area contributed by atoms with Gasteiger partial charge in [-0.3, -0.25) is 4.21 Å². The summed E-state index contributed by atoms with van der Waals surface area (Å²) in [4.78, 5) is 0. The summed E-state index contributed by atoms with van der Waals surface area (Å²) in [6.45, 7) is 6.00. The maximum atomic E-state index is 12.1. The summed E-state index contributed by atoms with van der Waals surface area (Å²) < 4.78 is 22.7. The van der Waals surface area contributed by atoms with Crippen molar-refractivity contribution < 1.29 is 13.7 Å². The van der Waals surface area contributed by atoms with E-state index in [1.54, 1.807) is 7.11 Å². The number of hydrogen-bond donors (Lipinski definition) is 1. The molecule has 0 aliphatic rings. The summed E-state index contributed by atoms with van der Waals surface area (Å²) >= 11 is 0. The van der Waals surface area contributed by atoms with Gasteiger partial charge in [0.2, 0.25) is 0 Å². The maximum absolute atomic E-state index is 12.1. The van der Waals surface area contributed by atoms with Crippen molar-refractivity contribution in [3.05, 3.63) is 29.8 Å². The molecule has 2 atom stereocenters. The monoisotopic (exact) mass is 299 g/mol. The van der Waals surface area contributed by atoms with Crippen LogP contribution in [-0.4, -0.2) is 42.6 Å². The van der Waals surface area contributed by atoms with E-state index in [4.69, 9.17) is 9.47 Å². The number of methoxy groups -OCH3 is 1. The molecule has 0 radical (unpaired) electrons. The second-order valence-corrected chi connectivity index (χ2v) is 6.01. The van der Waals surface area contributed by atoms with E-state index in [2.05, 4.69) is 5.32 Å². The van der Waals surface area contributed by atoms with Crippen LogP contribution in [0.1, 0.15) is 25.5 Å². The zero-order valence-corrected chi connectivity index (χ0v) is 13.4. The van der Waals surface area contributed by atoms with Gasteiger partial charge in [0, 0.05) is 41.0 Å². The molecule has 20 heavy (non-hydrogen) atoms. The minimum absolute atomic E-state index is 0.0421. The number of para-hydroxylation sites is 1. The highest BCUT2D eigenvalue weighted by Crippen LogP contribution is 2.25. The number of nitrogens with one attached hydrogen (secondary N) is 1. The fourth-order valence-corrected chi connectivity index (χ4v) is 3.19.